The van der Waals surface area contributed by atoms with E-state index >= 15 is 0 Å². The van der Waals surface area contributed by atoms with Gasteiger partial charge in [0.2, 0.25) is 0 Å². The first kappa shape index (κ1) is 8.92. The summed E-state index contributed by atoms with van der Waals surface area (Å²) in [7, 11) is 2.06. The van der Waals surface area contributed by atoms with Gasteiger partial charge in [0.05, 0.1) is 11.0 Å². The van der Waals surface area contributed by atoms with Crippen LogP contribution < -0.4 is 5.32 Å². The minimum absolute atomic E-state index is 0.691. The Labute approximate surface area is 89.1 Å². The summed E-state index contributed by atoms with van der Waals surface area (Å²) in [5.74, 6) is 1.77. The van der Waals surface area contributed by atoms with Gasteiger partial charge in [-0.1, -0.05) is 6.07 Å². The monoisotopic (exact) mass is 201 g/mol. The van der Waals surface area contributed by atoms with E-state index in [0.717, 1.165) is 24.4 Å². The molecule has 1 fully saturated rings. The molecule has 0 saturated carbocycles. The molecule has 0 amide bonds. The van der Waals surface area contributed by atoms with Crippen molar-refractivity contribution in [2.75, 3.05) is 13.1 Å². The molecule has 0 spiro atoms. The molecule has 1 aliphatic heterocycles. The number of imidazole rings is 1. The van der Waals surface area contributed by atoms with Crippen molar-refractivity contribution in [1.82, 2.24) is 14.9 Å². The maximum atomic E-state index is 4.56. The summed E-state index contributed by atoms with van der Waals surface area (Å²) in [4.78, 5) is 4.56. The second-order valence-corrected chi connectivity index (χ2v) is 4.32. The number of nitrogens with one attached hydrogen (secondary N) is 1. The van der Waals surface area contributed by atoms with E-state index in [4.69, 9.17) is 0 Å². The van der Waals surface area contributed by atoms with E-state index in [9.17, 15) is 0 Å². The van der Waals surface area contributed by atoms with Gasteiger partial charge in [0.1, 0.15) is 5.82 Å². The minimum atomic E-state index is 0.691. The van der Waals surface area contributed by atoms with Gasteiger partial charge in [0, 0.05) is 26.1 Å². The summed E-state index contributed by atoms with van der Waals surface area (Å²) in [6.45, 7) is 4.26. The predicted octanol–water partition coefficient (Wildman–Crippen LogP) is 1.57. The molecule has 0 radical (unpaired) electrons. The lowest BCUT2D eigenvalue weighted by molar-refractivity contribution is 0.448. The van der Waals surface area contributed by atoms with Gasteiger partial charge >= 0.3 is 0 Å². The molecule has 3 heteroatoms. The lowest BCUT2D eigenvalue weighted by Crippen LogP contribution is -2.39. The molecule has 0 bridgehead atoms. The molecule has 3 rings (SSSR count). The maximum absolute atomic E-state index is 4.56. The van der Waals surface area contributed by atoms with Crippen LogP contribution in [0.15, 0.2) is 18.2 Å². The molecule has 1 aromatic carbocycles. The minimum Gasteiger partial charge on any atom is -0.331 e. The Balaban J connectivity index is 2.13. The van der Waals surface area contributed by atoms with Crippen molar-refractivity contribution >= 4 is 11.0 Å². The summed E-state index contributed by atoms with van der Waals surface area (Å²) in [5, 5.41) is 3.30. The molecule has 0 atom stereocenters. The van der Waals surface area contributed by atoms with Gasteiger partial charge in [0.25, 0.3) is 0 Å². The van der Waals surface area contributed by atoms with Crippen molar-refractivity contribution in [3.05, 3.63) is 29.6 Å². The van der Waals surface area contributed by atoms with Crippen molar-refractivity contribution in [2.24, 2.45) is 7.05 Å². The van der Waals surface area contributed by atoms with E-state index < -0.39 is 0 Å². The Kier molecular flexibility index (Phi) is 1.83. The third kappa shape index (κ3) is 1.27. The highest BCUT2D eigenvalue weighted by atomic mass is 15.0. The average molecular weight is 201 g/mol. The third-order valence-corrected chi connectivity index (χ3v) is 3.38. The second kappa shape index (κ2) is 3.07. The van der Waals surface area contributed by atoms with E-state index in [1.54, 1.807) is 0 Å². The van der Waals surface area contributed by atoms with E-state index in [2.05, 4.69) is 40.1 Å². The van der Waals surface area contributed by atoms with Crippen molar-refractivity contribution in [1.29, 1.82) is 0 Å². The zero-order chi connectivity index (χ0) is 10.4. The molecule has 2 heterocycles. The highest BCUT2D eigenvalue weighted by Gasteiger charge is 2.19. The zero-order valence-corrected chi connectivity index (χ0v) is 9.12. The number of aryl methyl sites for hydroxylation is 2. The number of fused-ring (bicyclic) bond motifs is 1. The van der Waals surface area contributed by atoms with Gasteiger partial charge in [0.15, 0.2) is 0 Å². The maximum Gasteiger partial charge on any atom is 0.106 e. The molecule has 15 heavy (non-hydrogen) atoms. The van der Waals surface area contributed by atoms with E-state index in [-0.39, 0.29) is 0 Å². The van der Waals surface area contributed by atoms with Gasteiger partial charge in [-0.2, -0.15) is 0 Å². The van der Waals surface area contributed by atoms with Gasteiger partial charge in [-0.25, -0.2) is 4.98 Å². The Morgan fingerprint density at radius 1 is 1.40 bits per heavy atom. The largest absolute Gasteiger partial charge is 0.331 e. The molecule has 1 saturated heterocycles. The Morgan fingerprint density at radius 3 is 2.87 bits per heavy atom. The molecular formula is C12H15N3. The first-order valence-corrected chi connectivity index (χ1v) is 5.39. The van der Waals surface area contributed by atoms with Gasteiger partial charge in [-0.3, -0.25) is 0 Å². The average Bonchev–Trinajstić information content (AvgIpc) is 2.40. The molecule has 0 aliphatic carbocycles. The number of nitrogens with zero attached hydrogens (tertiary/aromatic N) is 2. The number of benzene rings is 1. The zero-order valence-electron chi connectivity index (χ0n) is 9.12. The van der Waals surface area contributed by atoms with Crippen LogP contribution >= 0.6 is 0 Å². The topological polar surface area (TPSA) is 29.9 Å². The molecular weight excluding hydrogens is 186 g/mol. The van der Waals surface area contributed by atoms with Crippen LogP contribution in [0.1, 0.15) is 17.3 Å². The van der Waals surface area contributed by atoms with E-state index in [1.165, 1.54) is 11.1 Å². The Morgan fingerprint density at radius 2 is 2.20 bits per heavy atom. The van der Waals surface area contributed by atoms with Crippen molar-refractivity contribution in [2.45, 2.75) is 12.8 Å². The summed E-state index contributed by atoms with van der Waals surface area (Å²) in [5.41, 5.74) is 3.77. The van der Waals surface area contributed by atoms with Gasteiger partial charge in [-0.15, -0.1) is 0 Å². The molecule has 2 aromatic rings. The van der Waals surface area contributed by atoms with Crippen LogP contribution in [0, 0.1) is 6.92 Å². The first-order chi connectivity index (χ1) is 7.25. The fourth-order valence-electron chi connectivity index (χ4n) is 2.12. The fraction of sp³-hybridized carbons (Fsp3) is 0.417. The molecule has 0 unspecified atom stereocenters. The quantitative estimate of drug-likeness (QED) is 0.759. The molecule has 78 valence electrons. The normalized spacial score (nSPS) is 16.9. The highest BCUT2D eigenvalue weighted by Crippen LogP contribution is 2.24. The van der Waals surface area contributed by atoms with Crippen LogP contribution in [0.3, 0.4) is 0 Å². The Bertz CT molecular complexity index is 509. The number of hydrogen-bond donors (Lipinski definition) is 1. The first-order valence-electron chi connectivity index (χ1n) is 5.39. The summed E-state index contributed by atoms with van der Waals surface area (Å²) >= 11 is 0. The van der Waals surface area contributed by atoms with Crippen LogP contribution in [-0.2, 0) is 7.05 Å². The number of rotatable bonds is 1. The summed E-state index contributed by atoms with van der Waals surface area (Å²) in [6, 6.07) is 6.64. The standard InChI is InChI=1S/C12H15N3/c1-8-14-11-5-9(10-6-13-7-10)3-4-12(11)15(8)2/h3-5,10,13H,6-7H2,1-2H3. The summed E-state index contributed by atoms with van der Waals surface area (Å²) in [6.07, 6.45) is 0. The second-order valence-electron chi connectivity index (χ2n) is 4.32. The van der Waals surface area contributed by atoms with E-state index in [0.29, 0.717) is 5.92 Å². The van der Waals surface area contributed by atoms with Crippen LogP contribution in [0.25, 0.3) is 11.0 Å². The van der Waals surface area contributed by atoms with Crippen LogP contribution in [0.2, 0.25) is 0 Å². The van der Waals surface area contributed by atoms with Gasteiger partial charge in [-0.05, 0) is 24.6 Å². The van der Waals surface area contributed by atoms with E-state index in [1.807, 2.05) is 6.92 Å². The predicted molar refractivity (Wildman–Crippen MR) is 61.1 cm³/mol. The van der Waals surface area contributed by atoms with Gasteiger partial charge < -0.3 is 9.88 Å². The van der Waals surface area contributed by atoms with Crippen molar-refractivity contribution in [3.8, 4) is 0 Å². The lowest BCUT2D eigenvalue weighted by atomic mass is 9.93. The molecule has 1 aliphatic rings. The SMILES string of the molecule is Cc1nc2cc(C3CNC3)ccc2n1C. The molecule has 1 aromatic heterocycles. The fourth-order valence-corrected chi connectivity index (χ4v) is 2.12. The van der Waals surface area contributed by atoms with Crippen molar-refractivity contribution in [3.63, 3.8) is 0 Å². The van der Waals surface area contributed by atoms with Crippen molar-refractivity contribution < 1.29 is 0 Å². The lowest BCUT2D eigenvalue weighted by Gasteiger charge is -2.27. The number of aromatic nitrogens is 2. The van der Waals surface area contributed by atoms with Crippen LogP contribution in [0.5, 0.6) is 0 Å². The number of hydrogen-bond acceptors (Lipinski definition) is 2. The molecule has 1 N–H and O–H groups in total. The Hall–Kier alpha value is -1.35. The van der Waals surface area contributed by atoms with Crippen LogP contribution in [-0.4, -0.2) is 22.6 Å². The highest BCUT2D eigenvalue weighted by molar-refractivity contribution is 5.77. The summed E-state index contributed by atoms with van der Waals surface area (Å²) < 4.78 is 2.14. The molecule has 3 nitrogen and oxygen atoms in total. The third-order valence-electron chi connectivity index (χ3n) is 3.38. The smallest absolute Gasteiger partial charge is 0.106 e. The van der Waals surface area contributed by atoms with Crippen LogP contribution in [0.4, 0.5) is 0 Å².